The molecule has 1 aliphatic rings. The molecular weight excluding hydrogens is 140 g/mol. The van der Waals surface area contributed by atoms with E-state index in [1.54, 1.807) is 0 Å². The molecule has 2 unspecified atom stereocenters. The van der Waals surface area contributed by atoms with Crippen LogP contribution < -0.4 is 0 Å². The average Bonchev–Trinajstić information content (AvgIpc) is 2.11. The number of hydrogen-bond donors (Lipinski definition) is 0. The topological polar surface area (TPSA) is 26.3 Å². The van der Waals surface area contributed by atoms with Crippen LogP contribution in [-0.2, 0) is 9.53 Å². The Morgan fingerprint density at radius 1 is 1.55 bits per heavy atom. The summed E-state index contributed by atoms with van der Waals surface area (Å²) in [4.78, 5) is 11.2. The predicted molar refractivity (Wildman–Crippen MR) is 43.2 cm³/mol. The maximum absolute atomic E-state index is 11.2. The predicted octanol–water partition coefficient (Wildman–Crippen LogP) is 2.13. The molecule has 0 aliphatic carbocycles. The van der Waals surface area contributed by atoms with Crippen molar-refractivity contribution >= 4 is 5.97 Å². The molecule has 0 aromatic rings. The Morgan fingerprint density at radius 3 is 2.91 bits per heavy atom. The van der Waals surface area contributed by atoms with Crippen LogP contribution in [-0.4, -0.2) is 12.1 Å². The van der Waals surface area contributed by atoms with Crippen LogP contribution in [0.15, 0.2) is 0 Å². The number of hydrogen-bond acceptors (Lipinski definition) is 2. The molecule has 1 rings (SSSR count). The van der Waals surface area contributed by atoms with E-state index < -0.39 is 0 Å². The summed E-state index contributed by atoms with van der Waals surface area (Å²) in [6.45, 7) is 4.01. The van der Waals surface area contributed by atoms with Gasteiger partial charge in [0.2, 0.25) is 0 Å². The SMILES string of the molecule is CCC1CCCC(C)OC1=O. The minimum Gasteiger partial charge on any atom is -0.462 e. The molecule has 2 atom stereocenters. The van der Waals surface area contributed by atoms with Gasteiger partial charge in [-0.05, 0) is 32.6 Å². The van der Waals surface area contributed by atoms with Crippen LogP contribution in [0.5, 0.6) is 0 Å². The molecule has 1 heterocycles. The lowest BCUT2D eigenvalue weighted by atomic mass is 10.0. The van der Waals surface area contributed by atoms with Crippen molar-refractivity contribution in [1.82, 2.24) is 0 Å². The first-order valence-electron chi connectivity index (χ1n) is 4.44. The number of rotatable bonds is 1. The van der Waals surface area contributed by atoms with Crippen LogP contribution in [0.1, 0.15) is 39.5 Å². The minimum atomic E-state index is 0.0116. The van der Waals surface area contributed by atoms with Crippen LogP contribution in [0.2, 0.25) is 0 Å². The van der Waals surface area contributed by atoms with Gasteiger partial charge in [-0.25, -0.2) is 0 Å². The quantitative estimate of drug-likeness (QED) is 0.543. The second kappa shape index (κ2) is 3.74. The Balaban J connectivity index is 2.50. The second-order valence-corrected chi connectivity index (χ2v) is 3.28. The summed E-state index contributed by atoms with van der Waals surface area (Å²) in [6.07, 6.45) is 4.23. The molecule has 0 bridgehead atoms. The molecule has 0 aromatic heterocycles. The zero-order chi connectivity index (χ0) is 8.27. The van der Waals surface area contributed by atoms with E-state index in [9.17, 15) is 4.79 Å². The standard InChI is InChI=1S/C9H16O2/c1-3-8-6-4-5-7(2)11-9(8)10/h7-8H,3-6H2,1-2H3. The summed E-state index contributed by atoms with van der Waals surface area (Å²) in [5, 5.41) is 0. The van der Waals surface area contributed by atoms with Gasteiger partial charge in [0, 0.05) is 0 Å². The lowest BCUT2D eigenvalue weighted by Gasteiger charge is -2.11. The minimum absolute atomic E-state index is 0.0116. The molecule has 1 saturated heterocycles. The van der Waals surface area contributed by atoms with Crippen molar-refractivity contribution in [1.29, 1.82) is 0 Å². The lowest BCUT2D eigenvalue weighted by molar-refractivity contribution is -0.151. The number of carbonyl (C=O) groups is 1. The van der Waals surface area contributed by atoms with Gasteiger partial charge in [-0.15, -0.1) is 0 Å². The number of carbonyl (C=O) groups excluding carboxylic acids is 1. The molecule has 0 saturated carbocycles. The molecule has 2 nitrogen and oxygen atoms in total. The fraction of sp³-hybridized carbons (Fsp3) is 0.889. The number of ether oxygens (including phenoxy) is 1. The van der Waals surface area contributed by atoms with E-state index in [2.05, 4.69) is 0 Å². The Kier molecular flexibility index (Phi) is 2.92. The fourth-order valence-electron chi connectivity index (χ4n) is 1.49. The van der Waals surface area contributed by atoms with Crippen LogP contribution >= 0.6 is 0 Å². The molecule has 64 valence electrons. The average molecular weight is 156 g/mol. The highest BCUT2D eigenvalue weighted by atomic mass is 16.5. The summed E-state index contributed by atoms with van der Waals surface area (Å²) in [6, 6.07) is 0. The molecule has 0 aromatic carbocycles. The third-order valence-corrected chi connectivity index (χ3v) is 2.31. The van der Waals surface area contributed by atoms with Gasteiger partial charge in [0.25, 0.3) is 0 Å². The summed E-state index contributed by atoms with van der Waals surface area (Å²) < 4.78 is 5.18. The van der Waals surface area contributed by atoms with Gasteiger partial charge in [0.05, 0.1) is 12.0 Å². The Labute approximate surface area is 67.9 Å². The first kappa shape index (κ1) is 8.57. The van der Waals surface area contributed by atoms with Crippen molar-refractivity contribution in [2.45, 2.75) is 45.6 Å². The van der Waals surface area contributed by atoms with E-state index in [1.165, 1.54) is 0 Å². The third-order valence-electron chi connectivity index (χ3n) is 2.31. The van der Waals surface area contributed by atoms with Crippen LogP contribution in [0.25, 0.3) is 0 Å². The normalized spacial score (nSPS) is 32.7. The molecule has 0 N–H and O–H groups in total. The highest BCUT2D eigenvalue weighted by molar-refractivity contribution is 5.72. The van der Waals surface area contributed by atoms with Crippen LogP contribution in [0.4, 0.5) is 0 Å². The maximum atomic E-state index is 11.2. The first-order valence-corrected chi connectivity index (χ1v) is 4.44. The summed E-state index contributed by atoms with van der Waals surface area (Å²) in [7, 11) is 0. The van der Waals surface area contributed by atoms with Crippen molar-refractivity contribution in [3.63, 3.8) is 0 Å². The second-order valence-electron chi connectivity index (χ2n) is 3.28. The van der Waals surface area contributed by atoms with E-state index >= 15 is 0 Å². The zero-order valence-electron chi connectivity index (χ0n) is 7.30. The van der Waals surface area contributed by atoms with Crippen molar-refractivity contribution in [3.8, 4) is 0 Å². The summed E-state index contributed by atoms with van der Waals surface area (Å²) >= 11 is 0. The maximum Gasteiger partial charge on any atom is 0.309 e. The van der Waals surface area contributed by atoms with E-state index in [-0.39, 0.29) is 18.0 Å². The van der Waals surface area contributed by atoms with Crippen LogP contribution in [0.3, 0.4) is 0 Å². The molecule has 0 amide bonds. The fourth-order valence-corrected chi connectivity index (χ4v) is 1.49. The monoisotopic (exact) mass is 156 g/mol. The van der Waals surface area contributed by atoms with E-state index in [1.807, 2.05) is 13.8 Å². The van der Waals surface area contributed by atoms with Gasteiger partial charge in [-0.2, -0.15) is 0 Å². The summed E-state index contributed by atoms with van der Waals surface area (Å²) in [5.74, 6) is 0.178. The number of cyclic esters (lactones) is 1. The van der Waals surface area contributed by atoms with Gasteiger partial charge < -0.3 is 4.74 Å². The third kappa shape index (κ3) is 2.21. The molecule has 11 heavy (non-hydrogen) atoms. The van der Waals surface area contributed by atoms with Gasteiger partial charge in [-0.3, -0.25) is 4.79 Å². The van der Waals surface area contributed by atoms with E-state index in [0.717, 1.165) is 25.7 Å². The molecule has 0 spiro atoms. The van der Waals surface area contributed by atoms with Crippen LogP contribution in [0, 0.1) is 5.92 Å². The van der Waals surface area contributed by atoms with Crippen molar-refractivity contribution < 1.29 is 9.53 Å². The van der Waals surface area contributed by atoms with Crippen molar-refractivity contribution in [3.05, 3.63) is 0 Å². The Hall–Kier alpha value is -0.530. The molecular formula is C9H16O2. The largest absolute Gasteiger partial charge is 0.462 e. The van der Waals surface area contributed by atoms with Gasteiger partial charge in [0.1, 0.15) is 0 Å². The lowest BCUT2D eigenvalue weighted by Crippen LogP contribution is -2.18. The Morgan fingerprint density at radius 2 is 2.27 bits per heavy atom. The Bertz CT molecular complexity index is 142. The number of esters is 1. The molecule has 0 radical (unpaired) electrons. The van der Waals surface area contributed by atoms with E-state index in [4.69, 9.17) is 4.74 Å². The van der Waals surface area contributed by atoms with Gasteiger partial charge >= 0.3 is 5.97 Å². The molecule has 2 heteroatoms. The van der Waals surface area contributed by atoms with Crippen molar-refractivity contribution in [2.24, 2.45) is 5.92 Å². The highest BCUT2D eigenvalue weighted by Gasteiger charge is 2.23. The molecule has 1 fully saturated rings. The highest BCUT2D eigenvalue weighted by Crippen LogP contribution is 2.21. The van der Waals surface area contributed by atoms with Gasteiger partial charge in [0.15, 0.2) is 0 Å². The first-order chi connectivity index (χ1) is 5.24. The zero-order valence-corrected chi connectivity index (χ0v) is 7.30. The van der Waals surface area contributed by atoms with Crippen molar-refractivity contribution in [2.75, 3.05) is 0 Å². The van der Waals surface area contributed by atoms with E-state index in [0.29, 0.717) is 0 Å². The summed E-state index contributed by atoms with van der Waals surface area (Å²) in [5.41, 5.74) is 0. The smallest absolute Gasteiger partial charge is 0.309 e. The van der Waals surface area contributed by atoms with Gasteiger partial charge in [-0.1, -0.05) is 6.92 Å². The molecule has 1 aliphatic heterocycles.